The lowest BCUT2D eigenvalue weighted by atomic mass is 10.0. The molecule has 31 heavy (non-hydrogen) atoms. The molecule has 1 saturated heterocycles. The van der Waals surface area contributed by atoms with Crippen molar-refractivity contribution in [3.63, 3.8) is 0 Å². The number of nitrogens with zero attached hydrogens (tertiary/aromatic N) is 1. The van der Waals surface area contributed by atoms with E-state index in [0.29, 0.717) is 36.7 Å². The van der Waals surface area contributed by atoms with Crippen molar-refractivity contribution in [2.24, 2.45) is 0 Å². The second-order valence-electron chi connectivity index (χ2n) is 7.35. The van der Waals surface area contributed by atoms with E-state index in [0.717, 1.165) is 4.90 Å². The highest BCUT2D eigenvalue weighted by molar-refractivity contribution is 6.24. The molecule has 0 aromatic heterocycles. The van der Waals surface area contributed by atoms with Crippen LogP contribution in [0.4, 0.5) is 5.69 Å². The number of imide groups is 2. The molecular weight excluding hydrogens is 400 g/mol. The summed E-state index contributed by atoms with van der Waals surface area (Å²) < 4.78 is 5.63. The summed E-state index contributed by atoms with van der Waals surface area (Å²) in [6.45, 7) is 1.22. The SMILES string of the molecule is Nc1ccccc1OCCNCc1cccc2c1C(=O)N(C1CCC(=O)NC1=O)C2=O. The molecule has 4 rings (SSSR count). The molecule has 0 aliphatic carbocycles. The molecule has 1 fully saturated rings. The maximum absolute atomic E-state index is 13.0. The molecule has 1 atom stereocenters. The first kappa shape index (κ1) is 20.5. The molecule has 0 radical (unpaired) electrons. The Labute approximate surface area is 178 Å². The van der Waals surface area contributed by atoms with Gasteiger partial charge in [0, 0.05) is 19.5 Å². The lowest BCUT2D eigenvalue weighted by Gasteiger charge is -2.27. The third-order valence-corrected chi connectivity index (χ3v) is 5.33. The maximum atomic E-state index is 13.0. The molecule has 4 N–H and O–H groups in total. The average Bonchev–Trinajstić information content (AvgIpc) is 3.00. The van der Waals surface area contributed by atoms with Gasteiger partial charge in [-0.3, -0.25) is 29.4 Å². The van der Waals surface area contributed by atoms with Gasteiger partial charge in [-0.15, -0.1) is 0 Å². The fraction of sp³-hybridized carbons (Fsp3) is 0.273. The Hall–Kier alpha value is -3.72. The summed E-state index contributed by atoms with van der Waals surface area (Å²) in [5, 5.41) is 5.39. The number of nitrogens with one attached hydrogen (secondary N) is 2. The number of fused-ring (bicyclic) bond motifs is 1. The minimum absolute atomic E-state index is 0.0875. The average molecular weight is 422 g/mol. The summed E-state index contributed by atoms with van der Waals surface area (Å²) in [5.41, 5.74) is 7.61. The number of amides is 4. The maximum Gasteiger partial charge on any atom is 0.262 e. The van der Waals surface area contributed by atoms with Crippen LogP contribution in [0.3, 0.4) is 0 Å². The standard InChI is InChI=1S/C22H22N4O5/c23-15-6-1-2-7-17(15)31-11-10-24-12-13-4-3-5-14-19(13)22(30)26(21(14)29)16-8-9-18(27)25-20(16)28/h1-7,16,24H,8-12,23H2,(H,25,27,28). The fourth-order valence-electron chi connectivity index (χ4n) is 3.80. The number of benzene rings is 2. The van der Waals surface area contributed by atoms with Crippen LogP contribution >= 0.6 is 0 Å². The van der Waals surface area contributed by atoms with Crippen LogP contribution in [0, 0.1) is 0 Å². The normalized spacial score (nSPS) is 18.2. The van der Waals surface area contributed by atoms with E-state index in [-0.39, 0.29) is 24.0 Å². The molecule has 2 aromatic rings. The third kappa shape index (κ3) is 3.99. The summed E-state index contributed by atoms with van der Waals surface area (Å²) in [6.07, 6.45) is 0.216. The Balaban J connectivity index is 1.41. The van der Waals surface area contributed by atoms with Crippen LogP contribution in [-0.2, 0) is 16.1 Å². The van der Waals surface area contributed by atoms with Crippen molar-refractivity contribution in [2.75, 3.05) is 18.9 Å². The number of carbonyl (C=O) groups is 4. The first-order valence-corrected chi connectivity index (χ1v) is 9.99. The molecule has 4 amide bonds. The van der Waals surface area contributed by atoms with Crippen molar-refractivity contribution in [1.82, 2.24) is 15.5 Å². The Bertz CT molecular complexity index is 1070. The second kappa shape index (κ2) is 8.57. The molecule has 160 valence electrons. The van der Waals surface area contributed by atoms with Crippen molar-refractivity contribution in [1.29, 1.82) is 0 Å². The smallest absolute Gasteiger partial charge is 0.262 e. The molecule has 1 unspecified atom stereocenters. The Morgan fingerprint density at radius 2 is 1.87 bits per heavy atom. The van der Waals surface area contributed by atoms with Crippen LogP contribution in [0.2, 0.25) is 0 Å². The van der Waals surface area contributed by atoms with E-state index >= 15 is 0 Å². The first-order chi connectivity index (χ1) is 15.0. The minimum atomic E-state index is -0.976. The number of ether oxygens (including phenoxy) is 1. The van der Waals surface area contributed by atoms with Gasteiger partial charge >= 0.3 is 0 Å². The van der Waals surface area contributed by atoms with Crippen LogP contribution in [0.15, 0.2) is 42.5 Å². The molecule has 2 aromatic carbocycles. The molecular formula is C22H22N4O5. The Kier molecular flexibility index (Phi) is 5.68. The zero-order chi connectivity index (χ0) is 22.0. The highest BCUT2D eigenvalue weighted by atomic mass is 16.5. The Morgan fingerprint density at radius 1 is 1.06 bits per heavy atom. The molecule has 2 aliphatic heterocycles. The summed E-state index contributed by atoms with van der Waals surface area (Å²) in [5.74, 6) is -1.45. The topological polar surface area (TPSA) is 131 Å². The van der Waals surface area contributed by atoms with Crippen LogP contribution in [0.1, 0.15) is 39.1 Å². The number of nitrogens with two attached hydrogens (primary N) is 1. The molecule has 9 nitrogen and oxygen atoms in total. The van der Waals surface area contributed by atoms with Crippen LogP contribution in [-0.4, -0.2) is 47.7 Å². The van der Waals surface area contributed by atoms with Crippen LogP contribution in [0.5, 0.6) is 5.75 Å². The van der Waals surface area contributed by atoms with Gasteiger partial charge in [0.2, 0.25) is 11.8 Å². The van der Waals surface area contributed by atoms with E-state index in [4.69, 9.17) is 10.5 Å². The van der Waals surface area contributed by atoms with Crippen molar-refractivity contribution in [2.45, 2.75) is 25.4 Å². The predicted molar refractivity (Wildman–Crippen MR) is 111 cm³/mol. The van der Waals surface area contributed by atoms with Crippen molar-refractivity contribution in [3.05, 3.63) is 59.2 Å². The van der Waals surface area contributed by atoms with E-state index in [1.807, 2.05) is 12.1 Å². The van der Waals surface area contributed by atoms with Crippen molar-refractivity contribution in [3.8, 4) is 5.75 Å². The third-order valence-electron chi connectivity index (χ3n) is 5.33. The van der Waals surface area contributed by atoms with Gasteiger partial charge in [0.1, 0.15) is 18.4 Å². The number of hydrogen-bond donors (Lipinski definition) is 3. The Morgan fingerprint density at radius 3 is 2.65 bits per heavy atom. The summed E-state index contributed by atoms with van der Waals surface area (Å²) in [4.78, 5) is 50.4. The summed E-state index contributed by atoms with van der Waals surface area (Å²) >= 11 is 0. The number of carbonyl (C=O) groups excluding carboxylic acids is 4. The number of anilines is 1. The lowest BCUT2D eigenvalue weighted by Crippen LogP contribution is -2.54. The van der Waals surface area contributed by atoms with Crippen molar-refractivity contribution >= 4 is 29.3 Å². The number of rotatable bonds is 7. The molecule has 0 spiro atoms. The van der Waals surface area contributed by atoms with Crippen LogP contribution in [0.25, 0.3) is 0 Å². The molecule has 9 heteroatoms. The van der Waals surface area contributed by atoms with E-state index < -0.39 is 29.7 Å². The van der Waals surface area contributed by atoms with Gasteiger partial charge in [-0.05, 0) is 30.2 Å². The highest BCUT2D eigenvalue weighted by Gasteiger charge is 2.45. The van der Waals surface area contributed by atoms with Gasteiger partial charge in [-0.25, -0.2) is 0 Å². The van der Waals surface area contributed by atoms with Gasteiger partial charge < -0.3 is 15.8 Å². The highest BCUT2D eigenvalue weighted by Crippen LogP contribution is 2.29. The number of hydrogen-bond acceptors (Lipinski definition) is 7. The minimum Gasteiger partial charge on any atom is -0.490 e. The van der Waals surface area contributed by atoms with Gasteiger partial charge in [0.25, 0.3) is 11.8 Å². The largest absolute Gasteiger partial charge is 0.490 e. The predicted octanol–water partition coefficient (Wildman–Crippen LogP) is 0.839. The van der Waals surface area contributed by atoms with Crippen molar-refractivity contribution < 1.29 is 23.9 Å². The summed E-state index contributed by atoms with van der Waals surface area (Å²) in [6, 6.07) is 11.3. The zero-order valence-corrected chi connectivity index (χ0v) is 16.7. The van der Waals surface area contributed by atoms with E-state index in [1.54, 1.807) is 30.3 Å². The number of piperidine rings is 1. The monoisotopic (exact) mass is 422 g/mol. The summed E-state index contributed by atoms with van der Waals surface area (Å²) in [7, 11) is 0. The van der Waals surface area contributed by atoms with E-state index in [2.05, 4.69) is 10.6 Å². The van der Waals surface area contributed by atoms with Gasteiger partial charge in [-0.2, -0.15) is 0 Å². The van der Waals surface area contributed by atoms with Gasteiger partial charge in [-0.1, -0.05) is 24.3 Å². The molecule has 2 heterocycles. The quantitative estimate of drug-likeness (QED) is 0.342. The molecule has 0 saturated carbocycles. The number of nitrogen functional groups attached to an aromatic ring is 1. The number of para-hydroxylation sites is 2. The fourth-order valence-corrected chi connectivity index (χ4v) is 3.80. The first-order valence-electron chi connectivity index (χ1n) is 9.99. The molecule has 0 bridgehead atoms. The second-order valence-corrected chi connectivity index (χ2v) is 7.35. The van der Waals surface area contributed by atoms with Gasteiger partial charge in [0.05, 0.1) is 16.8 Å². The van der Waals surface area contributed by atoms with E-state index in [1.165, 1.54) is 0 Å². The van der Waals surface area contributed by atoms with Gasteiger partial charge in [0.15, 0.2) is 0 Å². The van der Waals surface area contributed by atoms with Crippen LogP contribution < -0.4 is 21.1 Å². The lowest BCUT2D eigenvalue weighted by molar-refractivity contribution is -0.136. The molecule has 2 aliphatic rings. The zero-order valence-electron chi connectivity index (χ0n) is 16.7. The van der Waals surface area contributed by atoms with E-state index in [9.17, 15) is 19.2 Å².